The van der Waals surface area contributed by atoms with Crippen LogP contribution >= 0.6 is 0 Å². The Morgan fingerprint density at radius 3 is 2.61 bits per heavy atom. The molecule has 4 N–H and O–H groups in total. The number of rotatable bonds is 9. The van der Waals surface area contributed by atoms with Crippen LogP contribution in [0, 0.1) is 5.92 Å². The van der Waals surface area contributed by atoms with Gasteiger partial charge in [-0.3, -0.25) is 24.4 Å². The first-order valence-electron chi connectivity index (χ1n) is 17.3. The number of carbonyl (C=O) groups is 5. The Morgan fingerprint density at radius 2 is 1.90 bits per heavy atom. The fourth-order valence-electron chi connectivity index (χ4n) is 6.50. The number of hydrogen-bond donors (Lipinski definition) is 4. The summed E-state index contributed by atoms with van der Waals surface area (Å²) < 4.78 is 38.4. The molecule has 2 aliphatic heterocycles. The Bertz CT molecular complexity index is 1550. The van der Waals surface area contributed by atoms with E-state index in [1.54, 1.807) is 6.07 Å². The van der Waals surface area contributed by atoms with Crippen molar-refractivity contribution >= 4 is 45.6 Å². The van der Waals surface area contributed by atoms with Crippen LogP contribution in [0.15, 0.2) is 36.9 Å². The van der Waals surface area contributed by atoms with Gasteiger partial charge in [-0.05, 0) is 62.6 Å². The third-order valence-electron chi connectivity index (χ3n) is 9.57. The van der Waals surface area contributed by atoms with E-state index in [2.05, 4.69) is 27.3 Å². The van der Waals surface area contributed by atoms with Gasteiger partial charge in [0.1, 0.15) is 23.7 Å². The fraction of sp³-hybridized carbons (Fsp3) is 0.618. The van der Waals surface area contributed by atoms with E-state index in [4.69, 9.17) is 9.47 Å². The number of anilines is 1. The summed E-state index contributed by atoms with van der Waals surface area (Å²) in [4.78, 5) is 68.5. The molecule has 5 amide bonds. The lowest BCUT2D eigenvalue weighted by Crippen LogP contribution is -2.58. The van der Waals surface area contributed by atoms with Gasteiger partial charge >= 0.3 is 12.2 Å². The van der Waals surface area contributed by atoms with Crippen LogP contribution in [0.2, 0.25) is 0 Å². The minimum absolute atomic E-state index is 0.0905. The highest BCUT2D eigenvalue weighted by Gasteiger charge is 2.62. The van der Waals surface area contributed by atoms with Crippen molar-refractivity contribution in [1.29, 1.82) is 0 Å². The van der Waals surface area contributed by atoms with Crippen molar-refractivity contribution in [2.24, 2.45) is 5.92 Å². The molecule has 15 heteroatoms. The maximum Gasteiger partial charge on any atom is 0.411 e. The molecule has 0 radical (unpaired) electrons. The van der Waals surface area contributed by atoms with Gasteiger partial charge in [-0.1, -0.05) is 50.8 Å². The van der Waals surface area contributed by atoms with Gasteiger partial charge in [0.2, 0.25) is 21.8 Å². The Labute approximate surface area is 287 Å². The van der Waals surface area contributed by atoms with E-state index in [9.17, 15) is 32.4 Å². The second-order valence-corrected chi connectivity index (χ2v) is 15.4. The number of amides is 5. The van der Waals surface area contributed by atoms with Crippen molar-refractivity contribution in [2.45, 2.75) is 113 Å². The number of ether oxygens (including phenoxy) is 2. The quantitative estimate of drug-likeness (QED) is 0.280. The number of nitrogens with zero attached hydrogens (tertiary/aromatic N) is 1. The molecule has 2 aliphatic carbocycles. The predicted octanol–water partition coefficient (Wildman–Crippen LogP) is 3.28. The average Bonchev–Trinajstić information content (AvgIpc) is 3.99. The summed E-state index contributed by atoms with van der Waals surface area (Å²) in [7, 11) is -3.90. The van der Waals surface area contributed by atoms with Gasteiger partial charge in [0, 0.05) is 18.0 Å². The number of cyclic esters (lactones) is 1. The van der Waals surface area contributed by atoms with Crippen molar-refractivity contribution in [2.75, 3.05) is 18.5 Å². The lowest BCUT2D eigenvalue weighted by molar-refractivity contribution is -0.141. The van der Waals surface area contributed by atoms with Gasteiger partial charge in [-0.25, -0.2) is 18.0 Å². The fourth-order valence-corrected chi connectivity index (χ4v) is 7.86. The zero-order valence-electron chi connectivity index (χ0n) is 27.9. The van der Waals surface area contributed by atoms with Crippen molar-refractivity contribution < 1.29 is 41.9 Å². The molecule has 49 heavy (non-hydrogen) atoms. The molecule has 1 saturated heterocycles. The number of alkyl carbamates (subject to hydrolysis) is 1. The number of aryl methyl sites for hydroxylation is 1. The smallest absolute Gasteiger partial charge is 0.411 e. The van der Waals surface area contributed by atoms with Gasteiger partial charge in [0.15, 0.2) is 0 Å². The van der Waals surface area contributed by atoms with Crippen LogP contribution in [0.25, 0.3) is 0 Å². The first-order chi connectivity index (χ1) is 23.5. The molecule has 5 atom stereocenters. The molecule has 0 aromatic heterocycles. The maximum atomic E-state index is 14.1. The van der Waals surface area contributed by atoms with E-state index < -0.39 is 74.8 Å². The van der Waals surface area contributed by atoms with Crippen LogP contribution in [0.1, 0.15) is 83.1 Å². The lowest BCUT2D eigenvalue weighted by Gasteiger charge is -2.29. The van der Waals surface area contributed by atoms with Crippen LogP contribution < -0.4 is 20.7 Å². The first-order valence-corrected chi connectivity index (χ1v) is 18.8. The molecule has 1 aromatic rings. The molecular weight excluding hydrogens is 654 g/mol. The van der Waals surface area contributed by atoms with Crippen LogP contribution in [0.4, 0.5) is 15.3 Å². The summed E-state index contributed by atoms with van der Waals surface area (Å²) >= 11 is 0. The largest absolute Gasteiger partial charge is 0.450 e. The van der Waals surface area contributed by atoms with Crippen LogP contribution in [0.3, 0.4) is 0 Å². The average molecular weight is 702 g/mol. The van der Waals surface area contributed by atoms with E-state index in [1.807, 2.05) is 25.1 Å². The minimum atomic E-state index is -3.90. The highest BCUT2D eigenvalue weighted by atomic mass is 32.2. The molecule has 2 saturated carbocycles. The summed E-state index contributed by atoms with van der Waals surface area (Å²) in [6, 6.07) is 5.21. The van der Waals surface area contributed by atoms with Gasteiger partial charge in [0.05, 0.1) is 18.4 Å². The van der Waals surface area contributed by atoms with Crippen molar-refractivity contribution in [1.82, 2.24) is 20.3 Å². The number of sulfonamides is 1. The van der Waals surface area contributed by atoms with Gasteiger partial charge in [-0.15, -0.1) is 6.58 Å². The van der Waals surface area contributed by atoms with Crippen molar-refractivity contribution in [3.8, 4) is 0 Å². The third kappa shape index (κ3) is 9.11. The molecule has 0 spiro atoms. The van der Waals surface area contributed by atoms with Gasteiger partial charge < -0.3 is 25.0 Å². The number of hydrogen-bond acceptors (Lipinski definition) is 9. The van der Waals surface area contributed by atoms with E-state index in [0.717, 1.165) is 37.7 Å². The zero-order valence-corrected chi connectivity index (χ0v) is 28.7. The number of fused-ring (bicyclic) bond motifs is 4. The Hall–Kier alpha value is -4.14. The second kappa shape index (κ2) is 15.6. The lowest BCUT2D eigenvalue weighted by atomic mass is 10.1. The van der Waals surface area contributed by atoms with E-state index in [1.165, 1.54) is 11.0 Å². The number of unbranched alkanes of at least 4 members (excludes halogenated alkanes) is 1. The molecule has 3 fully saturated rings. The van der Waals surface area contributed by atoms with Crippen LogP contribution in [-0.2, 0) is 40.3 Å². The molecule has 5 rings (SSSR count). The van der Waals surface area contributed by atoms with Gasteiger partial charge in [-0.2, -0.15) is 0 Å². The summed E-state index contributed by atoms with van der Waals surface area (Å²) in [5.74, 6) is -2.68. The SMILES string of the molecule is C=C[C@@H]1CC1(NC(=O)[C@@H]1C[C@@H]2CN1C(=O)[C@H](CCCC)NC(=O)OCCCCCCc1cccc(c1)NC(=O)O2)C(=O)NS(=O)(=O)C1CC1. The second-order valence-electron chi connectivity index (χ2n) is 13.4. The monoisotopic (exact) mass is 701 g/mol. The molecule has 1 aromatic carbocycles. The molecule has 268 valence electrons. The molecule has 14 nitrogen and oxygen atoms in total. The summed E-state index contributed by atoms with van der Waals surface area (Å²) in [6.07, 6.45) is 5.79. The summed E-state index contributed by atoms with van der Waals surface area (Å²) in [5.41, 5.74) is 0.0202. The van der Waals surface area contributed by atoms with Crippen LogP contribution in [0.5, 0.6) is 0 Å². The minimum Gasteiger partial charge on any atom is -0.450 e. The van der Waals surface area contributed by atoms with Crippen LogP contribution in [-0.4, -0.2) is 85.4 Å². The molecular formula is C34H47N5O9S. The Morgan fingerprint density at radius 1 is 1.12 bits per heavy atom. The Balaban J connectivity index is 1.38. The molecule has 1 unspecified atom stereocenters. The van der Waals surface area contributed by atoms with Crippen molar-refractivity contribution in [3.05, 3.63) is 42.5 Å². The molecule has 4 bridgehead atoms. The standard InChI is InChI=1S/C34H47N5O9S/c1-3-5-14-27-30(41)39-21-25(19-28(39)29(40)37-34(20-23(34)4-2)31(42)38-49(45,46)26-15-16-26)48-33(44)35-24-13-10-12-22(18-24)11-8-6-7-9-17-47-32(43)36-27/h4,10,12-13,18,23,25-28H,2-3,5-9,11,14-17,19-21H2,1H3,(H,35,44)(H,36,43)(H,37,40)(H,38,42)/t23-,25-,27+,28+,34?/m1/s1. The Kier molecular flexibility index (Phi) is 11.5. The highest BCUT2D eigenvalue weighted by Crippen LogP contribution is 2.45. The normalized spacial score (nSPS) is 28.2. The van der Waals surface area contributed by atoms with E-state index in [0.29, 0.717) is 31.4 Å². The van der Waals surface area contributed by atoms with E-state index >= 15 is 0 Å². The van der Waals surface area contributed by atoms with Crippen molar-refractivity contribution in [3.63, 3.8) is 0 Å². The zero-order chi connectivity index (χ0) is 35.2. The maximum absolute atomic E-state index is 14.1. The topological polar surface area (TPSA) is 189 Å². The summed E-state index contributed by atoms with van der Waals surface area (Å²) in [5, 5.41) is 7.48. The molecule has 2 heterocycles. The first kappa shape index (κ1) is 36.1. The number of nitrogens with one attached hydrogen (secondary N) is 4. The summed E-state index contributed by atoms with van der Waals surface area (Å²) in [6.45, 7) is 5.72. The highest BCUT2D eigenvalue weighted by molar-refractivity contribution is 7.91. The number of carbonyl (C=O) groups excluding carboxylic acids is 5. The van der Waals surface area contributed by atoms with E-state index in [-0.39, 0.29) is 32.4 Å². The predicted molar refractivity (Wildman–Crippen MR) is 180 cm³/mol. The number of benzene rings is 1. The third-order valence-corrected chi connectivity index (χ3v) is 11.4. The molecule has 4 aliphatic rings. The van der Waals surface area contributed by atoms with Gasteiger partial charge in [0.25, 0.3) is 5.91 Å².